The van der Waals surface area contributed by atoms with E-state index < -0.39 is 18.0 Å². The first-order chi connectivity index (χ1) is 21.5. The second kappa shape index (κ2) is 16.5. The van der Waals surface area contributed by atoms with Crippen LogP contribution in [0.4, 0.5) is 16.4 Å². The summed E-state index contributed by atoms with van der Waals surface area (Å²) in [5, 5.41) is 27.8. The molecule has 45 heavy (non-hydrogen) atoms. The highest BCUT2D eigenvalue weighted by Crippen LogP contribution is 2.36. The fourth-order valence-corrected chi connectivity index (χ4v) is 5.45. The Hall–Kier alpha value is -4.62. The van der Waals surface area contributed by atoms with Gasteiger partial charge < -0.3 is 19.2 Å². The molecule has 0 amide bonds. The van der Waals surface area contributed by atoms with Gasteiger partial charge in [0, 0.05) is 24.7 Å². The van der Waals surface area contributed by atoms with Crippen LogP contribution in [0.3, 0.4) is 0 Å². The Balaban J connectivity index is 1.53. The maximum absolute atomic E-state index is 12.6. The molecule has 0 bridgehead atoms. The number of thiophene rings is 1. The summed E-state index contributed by atoms with van der Waals surface area (Å²) in [7, 11) is 0. The average Bonchev–Trinajstić information content (AvgIpc) is 3.33. The van der Waals surface area contributed by atoms with Crippen LogP contribution >= 0.6 is 11.3 Å². The molecule has 0 aliphatic carbocycles. The van der Waals surface area contributed by atoms with Gasteiger partial charge in [-0.1, -0.05) is 12.1 Å². The van der Waals surface area contributed by atoms with Crippen molar-refractivity contribution in [3.8, 4) is 12.1 Å². The second-order valence-corrected chi connectivity index (χ2v) is 11.8. The van der Waals surface area contributed by atoms with Gasteiger partial charge in [0.1, 0.15) is 23.1 Å². The molecular formula is C33H38N6O5S. The fourth-order valence-electron chi connectivity index (χ4n) is 4.57. The van der Waals surface area contributed by atoms with Gasteiger partial charge in [-0.3, -0.25) is 0 Å². The van der Waals surface area contributed by atoms with Gasteiger partial charge in [0.05, 0.1) is 35.1 Å². The van der Waals surface area contributed by atoms with Crippen molar-refractivity contribution in [2.24, 2.45) is 16.1 Å². The molecule has 0 fully saturated rings. The third-order valence-corrected chi connectivity index (χ3v) is 8.29. The first-order valence-corrected chi connectivity index (χ1v) is 15.4. The Bertz CT molecular complexity index is 1620. The highest BCUT2D eigenvalue weighted by molar-refractivity contribution is 7.16. The third kappa shape index (κ3) is 9.19. The van der Waals surface area contributed by atoms with Crippen LogP contribution in [0.5, 0.6) is 0 Å². The van der Waals surface area contributed by atoms with E-state index in [2.05, 4.69) is 52.0 Å². The van der Waals surface area contributed by atoms with Crippen LogP contribution in [0.25, 0.3) is 0 Å². The van der Waals surface area contributed by atoms with Gasteiger partial charge in [-0.15, -0.1) is 21.6 Å². The molecule has 0 aliphatic heterocycles. The summed E-state index contributed by atoms with van der Waals surface area (Å²) in [5.41, 5.74) is 3.81. The monoisotopic (exact) mass is 630 g/mol. The Labute approximate surface area is 267 Å². The minimum absolute atomic E-state index is 0.0368. The van der Waals surface area contributed by atoms with E-state index in [0.717, 1.165) is 35.6 Å². The molecule has 236 valence electrons. The highest BCUT2D eigenvalue weighted by Gasteiger charge is 2.21. The molecule has 0 radical (unpaired) electrons. The van der Waals surface area contributed by atoms with E-state index in [-0.39, 0.29) is 23.3 Å². The minimum atomic E-state index is -0.811. The van der Waals surface area contributed by atoms with E-state index in [1.165, 1.54) is 12.1 Å². The number of esters is 1. The van der Waals surface area contributed by atoms with Gasteiger partial charge in [-0.25, -0.2) is 9.59 Å². The molecule has 0 saturated carbocycles. The topological polar surface area (TPSA) is 163 Å². The number of carbonyl (C=O) groups is 2. The highest BCUT2D eigenvalue weighted by atomic mass is 32.1. The van der Waals surface area contributed by atoms with Gasteiger partial charge in [0.15, 0.2) is 5.00 Å². The van der Waals surface area contributed by atoms with Crippen LogP contribution < -0.4 is 10.8 Å². The fraction of sp³-hybridized carbons (Fsp3) is 0.394. The molecule has 0 aliphatic rings. The summed E-state index contributed by atoms with van der Waals surface area (Å²) in [5.74, 6) is 3.53. The zero-order valence-corrected chi connectivity index (χ0v) is 27.2. The standard InChI is InChI=1S/C33H38N6O5S/c1-20(2)39(25-11-12-29(21(3)17-25)37-38-31-28(18-34)24(6)30(19-35)45-31)15-13-22(4)42-16-14-23(5)43-32(40)26-9-7-8-10-27(26)33(41)44-36/h7-12,17,20,22-23H,13-16,36H2,1-6H3. The largest absolute Gasteiger partial charge is 0.459 e. The maximum atomic E-state index is 12.6. The normalized spacial score (nSPS) is 12.4. The lowest BCUT2D eigenvalue weighted by Gasteiger charge is -2.30. The van der Waals surface area contributed by atoms with E-state index in [0.29, 0.717) is 39.7 Å². The van der Waals surface area contributed by atoms with Crippen LogP contribution in [0, 0.1) is 36.5 Å². The first-order valence-electron chi connectivity index (χ1n) is 14.6. The molecule has 2 aromatic carbocycles. The predicted molar refractivity (Wildman–Crippen MR) is 172 cm³/mol. The summed E-state index contributed by atoms with van der Waals surface area (Å²) in [6.07, 6.45) is 0.796. The number of nitrogens with two attached hydrogens (primary N) is 1. The van der Waals surface area contributed by atoms with Crippen LogP contribution in [-0.4, -0.2) is 43.3 Å². The number of hydrogen-bond acceptors (Lipinski definition) is 12. The van der Waals surface area contributed by atoms with Crippen molar-refractivity contribution in [2.45, 2.75) is 72.6 Å². The number of azo groups is 1. The summed E-state index contributed by atoms with van der Waals surface area (Å²) in [6, 6.07) is 16.6. The molecule has 2 atom stereocenters. The molecule has 3 rings (SSSR count). The van der Waals surface area contributed by atoms with Crippen molar-refractivity contribution >= 4 is 39.7 Å². The Morgan fingerprint density at radius 2 is 1.64 bits per heavy atom. The van der Waals surface area contributed by atoms with E-state index in [1.807, 2.05) is 26.0 Å². The number of carbonyl (C=O) groups excluding carboxylic acids is 2. The summed E-state index contributed by atoms with van der Waals surface area (Å²) >= 11 is 1.16. The SMILES string of the molecule is Cc1cc(N(CCC(C)OCCC(C)OC(=O)c2ccccc2C(=O)ON)C(C)C)ccc1N=Nc1sc(C#N)c(C)c1C#N. The summed E-state index contributed by atoms with van der Waals surface area (Å²) in [4.78, 5) is 31.5. The Kier molecular flexibility index (Phi) is 12.7. The Morgan fingerprint density at radius 1 is 0.956 bits per heavy atom. The number of anilines is 1. The molecule has 3 aromatic rings. The van der Waals surface area contributed by atoms with Crippen molar-refractivity contribution < 1.29 is 23.9 Å². The lowest BCUT2D eigenvalue weighted by Crippen LogP contribution is -2.33. The molecule has 11 nitrogen and oxygen atoms in total. The van der Waals surface area contributed by atoms with Crippen molar-refractivity contribution in [3.05, 3.63) is 75.2 Å². The zero-order chi connectivity index (χ0) is 33.1. The lowest BCUT2D eigenvalue weighted by atomic mass is 10.1. The number of aryl methyl sites for hydroxylation is 1. The van der Waals surface area contributed by atoms with Crippen LogP contribution in [-0.2, 0) is 14.3 Å². The molecule has 0 spiro atoms. The summed E-state index contributed by atoms with van der Waals surface area (Å²) < 4.78 is 11.5. The van der Waals surface area contributed by atoms with E-state index in [9.17, 15) is 20.1 Å². The average molecular weight is 631 g/mol. The molecule has 2 unspecified atom stereocenters. The smallest absolute Gasteiger partial charge is 0.357 e. The second-order valence-electron chi connectivity index (χ2n) is 10.8. The number of rotatable bonds is 14. The minimum Gasteiger partial charge on any atom is -0.459 e. The van der Waals surface area contributed by atoms with Gasteiger partial charge in [-0.2, -0.15) is 16.4 Å². The number of benzene rings is 2. The quantitative estimate of drug-likeness (QED) is 0.110. The lowest BCUT2D eigenvalue weighted by molar-refractivity contribution is 0.0113. The van der Waals surface area contributed by atoms with Gasteiger partial charge >= 0.3 is 11.9 Å². The van der Waals surface area contributed by atoms with Crippen molar-refractivity contribution in [3.63, 3.8) is 0 Å². The Morgan fingerprint density at radius 3 is 2.24 bits per heavy atom. The first kappa shape index (κ1) is 34.9. The van der Waals surface area contributed by atoms with Crippen LogP contribution in [0.15, 0.2) is 52.7 Å². The van der Waals surface area contributed by atoms with E-state index in [1.54, 1.807) is 26.0 Å². The number of hydrogen-bond donors (Lipinski definition) is 1. The molecule has 12 heteroatoms. The number of nitriles is 2. The predicted octanol–water partition coefficient (Wildman–Crippen LogP) is 7.20. The molecule has 2 N–H and O–H groups in total. The molecule has 1 heterocycles. The van der Waals surface area contributed by atoms with Crippen molar-refractivity contribution in [1.82, 2.24) is 0 Å². The number of nitrogens with zero attached hydrogens (tertiary/aromatic N) is 5. The van der Waals surface area contributed by atoms with Crippen LogP contribution in [0.1, 0.15) is 82.8 Å². The molecular weight excluding hydrogens is 592 g/mol. The van der Waals surface area contributed by atoms with Gasteiger partial charge in [-0.05, 0) is 89.4 Å². The molecule has 0 saturated heterocycles. The molecule has 1 aromatic heterocycles. The number of ether oxygens (including phenoxy) is 2. The van der Waals surface area contributed by atoms with Gasteiger partial charge in [0.25, 0.3) is 0 Å². The van der Waals surface area contributed by atoms with E-state index >= 15 is 0 Å². The summed E-state index contributed by atoms with van der Waals surface area (Å²) in [6.45, 7) is 12.9. The van der Waals surface area contributed by atoms with Gasteiger partial charge in [0.2, 0.25) is 0 Å². The van der Waals surface area contributed by atoms with E-state index in [4.69, 9.17) is 15.4 Å². The third-order valence-electron chi connectivity index (χ3n) is 7.21. The zero-order valence-electron chi connectivity index (χ0n) is 26.4. The van der Waals surface area contributed by atoms with Crippen LogP contribution in [0.2, 0.25) is 0 Å². The van der Waals surface area contributed by atoms with Crippen molar-refractivity contribution in [2.75, 3.05) is 18.1 Å². The maximum Gasteiger partial charge on any atom is 0.357 e. The van der Waals surface area contributed by atoms with Crippen molar-refractivity contribution in [1.29, 1.82) is 10.5 Å².